The van der Waals surface area contributed by atoms with Crippen LogP contribution in [0.1, 0.15) is 19.3 Å². The number of carbonyl (C=O) groups is 2. The minimum Gasteiger partial charge on any atom is -0.379 e. The first kappa shape index (κ1) is 14.3. The Balaban J connectivity index is 2.06. The van der Waals surface area contributed by atoms with Crippen LogP contribution in [-0.4, -0.2) is 45.6 Å². The number of rotatable bonds is 0. The number of allylic oxidation sites excluding steroid dienone is 1. The van der Waals surface area contributed by atoms with E-state index in [0.29, 0.717) is 29.9 Å². The smallest absolute Gasteiger partial charge is 0.361 e. The summed E-state index contributed by atoms with van der Waals surface area (Å²) in [5, 5.41) is 18.9. The third-order valence-corrected chi connectivity index (χ3v) is 6.04. The van der Waals surface area contributed by atoms with Gasteiger partial charge in [-0.15, -0.1) is 0 Å². The Morgan fingerprint density at radius 1 is 1.19 bits per heavy atom. The van der Waals surface area contributed by atoms with Crippen LogP contribution in [0.2, 0.25) is 0 Å². The van der Waals surface area contributed by atoms with E-state index in [1.165, 1.54) is 0 Å². The fraction of sp³-hybridized carbons (Fsp3) is 0.545. The second-order valence-electron chi connectivity index (χ2n) is 5.02. The van der Waals surface area contributed by atoms with E-state index in [2.05, 4.69) is 4.99 Å². The number of hydrogen-bond acceptors (Lipinski definition) is 9. The van der Waals surface area contributed by atoms with Crippen LogP contribution in [0.15, 0.2) is 15.6 Å². The van der Waals surface area contributed by atoms with Crippen molar-refractivity contribution in [3.63, 3.8) is 0 Å². The second-order valence-corrected chi connectivity index (χ2v) is 7.27. The van der Waals surface area contributed by atoms with Crippen LogP contribution in [0, 0.1) is 0 Å². The summed E-state index contributed by atoms with van der Waals surface area (Å²) in [5.74, 6) is -2.34. The molecule has 0 saturated carbocycles. The number of amidine groups is 1. The van der Waals surface area contributed by atoms with Gasteiger partial charge in [-0.3, -0.25) is 0 Å². The highest BCUT2D eigenvalue weighted by Gasteiger charge is 2.51. The second kappa shape index (κ2) is 4.70. The Hall–Kier alpha value is -1.62. The van der Waals surface area contributed by atoms with Crippen LogP contribution in [0.3, 0.4) is 0 Å². The van der Waals surface area contributed by atoms with Gasteiger partial charge in [0.1, 0.15) is 0 Å². The Labute approximate surface area is 121 Å². The SMILES string of the molecule is NC1=NC2=C(CC(N)CC2)S12OC(=O)C(O)C(O)C(=O)O2. The maximum Gasteiger partial charge on any atom is 0.361 e. The molecule has 6 N–H and O–H groups in total. The summed E-state index contributed by atoms with van der Waals surface area (Å²) >= 11 is 0. The van der Waals surface area contributed by atoms with E-state index < -0.39 is 34.7 Å². The summed E-state index contributed by atoms with van der Waals surface area (Å²) in [6.07, 6.45) is -2.48. The molecule has 0 radical (unpaired) electrons. The molecule has 10 heteroatoms. The fourth-order valence-corrected chi connectivity index (χ4v) is 4.85. The molecule has 0 amide bonds. The van der Waals surface area contributed by atoms with Gasteiger partial charge in [0.2, 0.25) is 5.17 Å². The highest BCUT2D eigenvalue weighted by Crippen LogP contribution is 2.65. The van der Waals surface area contributed by atoms with Crippen molar-refractivity contribution < 1.29 is 28.2 Å². The summed E-state index contributed by atoms with van der Waals surface area (Å²) in [6, 6.07) is -0.190. The van der Waals surface area contributed by atoms with Crippen molar-refractivity contribution in [1.82, 2.24) is 0 Å². The molecule has 0 aromatic rings. The number of nitrogens with two attached hydrogens (primary N) is 2. The van der Waals surface area contributed by atoms with Gasteiger partial charge in [0.25, 0.3) is 0 Å². The zero-order valence-corrected chi connectivity index (χ0v) is 11.7. The molecule has 0 aromatic carbocycles. The van der Waals surface area contributed by atoms with Crippen LogP contribution in [0.5, 0.6) is 0 Å². The third kappa shape index (κ3) is 2.02. The van der Waals surface area contributed by atoms with Crippen LogP contribution < -0.4 is 11.5 Å². The highest BCUT2D eigenvalue weighted by molar-refractivity contribution is 8.41. The first-order valence-electron chi connectivity index (χ1n) is 6.33. The van der Waals surface area contributed by atoms with Gasteiger partial charge in [-0.1, -0.05) is 0 Å². The number of hydrogen-bond donors (Lipinski definition) is 4. The molecule has 1 aliphatic carbocycles. The maximum absolute atomic E-state index is 11.8. The minimum absolute atomic E-state index is 0.135. The molecule has 21 heavy (non-hydrogen) atoms. The lowest BCUT2D eigenvalue weighted by molar-refractivity contribution is -0.156. The Morgan fingerprint density at radius 3 is 2.33 bits per heavy atom. The zero-order valence-electron chi connectivity index (χ0n) is 10.9. The van der Waals surface area contributed by atoms with Gasteiger partial charge in [0.05, 0.1) is 10.6 Å². The van der Waals surface area contributed by atoms with Crippen molar-refractivity contribution in [2.75, 3.05) is 0 Å². The summed E-state index contributed by atoms with van der Waals surface area (Å²) < 4.78 is 10.3. The average Bonchev–Trinajstić information content (AvgIpc) is 2.65. The summed E-state index contributed by atoms with van der Waals surface area (Å²) in [4.78, 5) is 28.2. The van der Waals surface area contributed by atoms with E-state index in [1.54, 1.807) is 0 Å². The largest absolute Gasteiger partial charge is 0.379 e. The molecule has 0 aromatic heterocycles. The Bertz CT molecular complexity index is 567. The summed E-state index contributed by atoms with van der Waals surface area (Å²) in [5.41, 5.74) is 12.3. The molecule has 1 spiro atoms. The molecule has 3 unspecified atom stereocenters. The van der Waals surface area contributed by atoms with Crippen molar-refractivity contribution in [2.45, 2.75) is 37.5 Å². The van der Waals surface area contributed by atoms with E-state index in [1.807, 2.05) is 0 Å². The predicted octanol–water partition coefficient (Wildman–Crippen LogP) is -1.51. The average molecular weight is 317 g/mol. The van der Waals surface area contributed by atoms with Crippen LogP contribution in [0.4, 0.5) is 0 Å². The number of fused-ring (bicyclic) bond motifs is 1. The van der Waals surface area contributed by atoms with Crippen LogP contribution in [0.25, 0.3) is 0 Å². The molecule has 1 fully saturated rings. The van der Waals surface area contributed by atoms with Gasteiger partial charge in [-0.2, -0.15) is 0 Å². The maximum atomic E-state index is 11.8. The van der Waals surface area contributed by atoms with Crippen LogP contribution in [-0.2, 0) is 18.0 Å². The van der Waals surface area contributed by atoms with Crippen molar-refractivity contribution in [2.24, 2.45) is 16.5 Å². The van der Waals surface area contributed by atoms with Gasteiger partial charge in [0, 0.05) is 12.5 Å². The van der Waals surface area contributed by atoms with Crippen molar-refractivity contribution in [1.29, 1.82) is 0 Å². The molecule has 3 atom stereocenters. The molecule has 3 rings (SSSR count). The van der Waals surface area contributed by atoms with E-state index in [-0.39, 0.29) is 11.2 Å². The van der Waals surface area contributed by atoms with Crippen molar-refractivity contribution in [3.05, 3.63) is 10.6 Å². The predicted molar refractivity (Wildman–Crippen MR) is 72.3 cm³/mol. The summed E-state index contributed by atoms with van der Waals surface area (Å²) in [6.45, 7) is 0. The molecule has 1 saturated heterocycles. The van der Waals surface area contributed by atoms with Crippen LogP contribution >= 0.6 is 10.6 Å². The monoisotopic (exact) mass is 317 g/mol. The van der Waals surface area contributed by atoms with Gasteiger partial charge in [-0.25, -0.2) is 14.6 Å². The lowest BCUT2D eigenvalue weighted by Gasteiger charge is -2.39. The zero-order chi connectivity index (χ0) is 15.4. The quantitative estimate of drug-likeness (QED) is 0.420. The number of aliphatic hydroxyl groups is 2. The fourth-order valence-electron chi connectivity index (χ4n) is 2.41. The Morgan fingerprint density at radius 2 is 1.76 bits per heavy atom. The van der Waals surface area contributed by atoms with Gasteiger partial charge < -0.3 is 30.0 Å². The Kier molecular flexibility index (Phi) is 3.20. The van der Waals surface area contributed by atoms with Crippen molar-refractivity contribution >= 4 is 27.7 Å². The number of nitrogens with zero attached hydrogens (tertiary/aromatic N) is 1. The normalized spacial score (nSPS) is 42.6. The van der Waals surface area contributed by atoms with Crippen molar-refractivity contribution in [3.8, 4) is 0 Å². The first-order valence-corrected chi connectivity index (χ1v) is 7.81. The van der Waals surface area contributed by atoms with Gasteiger partial charge in [-0.05, 0) is 23.4 Å². The van der Waals surface area contributed by atoms with E-state index in [9.17, 15) is 19.8 Å². The number of aliphatic hydroxyl groups excluding tert-OH is 2. The van der Waals surface area contributed by atoms with E-state index >= 15 is 0 Å². The minimum atomic E-state index is -3.07. The molecule has 116 valence electrons. The first-order chi connectivity index (χ1) is 9.85. The molecule has 2 heterocycles. The standard InChI is InChI=1S/C11H15N3O6S/c12-4-1-2-5-6(3-4)21(11(13)14-5)19-9(17)7(15)8(16)10(18)20-21/h4,7-8,15-16H,1-3,12H2,(H2,13,14). The molecule has 2 aliphatic heterocycles. The molecule has 0 bridgehead atoms. The molecular weight excluding hydrogens is 302 g/mol. The summed E-state index contributed by atoms with van der Waals surface area (Å²) in [7, 11) is -3.07. The van der Waals surface area contributed by atoms with E-state index in [4.69, 9.17) is 19.8 Å². The number of carbonyl (C=O) groups excluding carboxylic acids is 2. The van der Waals surface area contributed by atoms with Gasteiger partial charge >= 0.3 is 11.9 Å². The van der Waals surface area contributed by atoms with Gasteiger partial charge in [0.15, 0.2) is 12.2 Å². The molecule has 3 aliphatic rings. The molecule has 9 nitrogen and oxygen atoms in total. The molecular formula is C11H15N3O6S. The third-order valence-electron chi connectivity index (χ3n) is 3.55. The highest BCUT2D eigenvalue weighted by atomic mass is 32.3. The lowest BCUT2D eigenvalue weighted by Crippen LogP contribution is -2.38. The van der Waals surface area contributed by atoms with E-state index in [0.717, 1.165) is 0 Å². The lowest BCUT2D eigenvalue weighted by atomic mass is 10.0. The topological polar surface area (TPSA) is 157 Å². The number of aliphatic imine (C=N–C) groups is 1.